The van der Waals surface area contributed by atoms with Gasteiger partial charge in [0.1, 0.15) is 0 Å². The lowest BCUT2D eigenvalue weighted by molar-refractivity contribution is 0.426. The van der Waals surface area contributed by atoms with E-state index in [2.05, 4.69) is 26.1 Å². The lowest BCUT2D eigenvalue weighted by Gasteiger charge is -2.12. The molecule has 1 unspecified atom stereocenters. The highest BCUT2D eigenvalue weighted by atomic mass is 14.9. The third-order valence-corrected chi connectivity index (χ3v) is 3.13. The summed E-state index contributed by atoms with van der Waals surface area (Å²) in [5.41, 5.74) is 0. The van der Waals surface area contributed by atoms with E-state index in [9.17, 15) is 0 Å². The van der Waals surface area contributed by atoms with Gasteiger partial charge in [-0.3, -0.25) is 0 Å². The molecule has 0 saturated heterocycles. The Morgan fingerprint density at radius 3 is 2.36 bits per heavy atom. The minimum atomic E-state index is 0.881. The van der Waals surface area contributed by atoms with Crippen molar-refractivity contribution in [3.05, 3.63) is 0 Å². The standard InChI is InChI=1S/C13H27N/c1-11(2)5-4-6-12(3)9-10-14-13-7-8-13/h11-14H,4-10H2,1-3H3. The first-order valence-electron chi connectivity index (χ1n) is 6.42. The molecule has 0 aromatic heterocycles. The average molecular weight is 197 g/mol. The Labute approximate surface area is 89.7 Å². The van der Waals surface area contributed by atoms with Crippen LogP contribution in [-0.2, 0) is 0 Å². The highest BCUT2D eigenvalue weighted by Gasteiger charge is 2.19. The fourth-order valence-electron chi connectivity index (χ4n) is 1.84. The zero-order chi connectivity index (χ0) is 10.4. The van der Waals surface area contributed by atoms with E-state index in [-0.39, 0.29) is 0 Å². The van der Waals surface area contributed by atoms with Crippen molar-refractivity contribution >= 4 is 0 Å². The van der Waals surface area contributed by atoms with E-state index in [0.29, 0.717) is 0 Å². The zero-order valence-electron chi connectivity index (χ0n) is 10.2. The molecule has 1 heteroatoms. The van der Waals surface area contributed by atoms with Crippen molar-refractivity contribution in [3.63, 3.8) is 0 Å². The van der Waals surface area contributed by atoms with Gasteiger partial charge in [-0.1, -0.05) is 40.0 Å². The maximum absolute atomic E-state index is 3.59. The van der Waals surface area contributed by atoms with E-state index in [1.165, 1.54) is 45.1 Å². The Balaban J connectivity index is 1.84. The van der Waals surface area contributed by atoms with Gasteiger partial charge in [-0.15, -0.1) is 0 Å². The van der Waals surface area contributed by atoms with Gasteiger partial charge in [0, 0.05) is 6.04 Å². The van der Waals surface area contributed by atoms with Gasteiger partial charge >= 0.3 is 0 Å². The van der Waals surface area contributed by atoms with E-state index >= 15 is 0 Å². The topological polar surface area (TPSA) is 12.0 Å². The summed E-state index contributed by atoms with van der Waals surface area (Å²) in [6.07, 6.45) is 8.45. The number of hydrogen-bond donors (Lipinski definition) is 1. The molecule has 1 aliphatic carbocycles. The minimum absolute atomic E-state index is 0.881. The van der Waals surface area contributed by atoms with Crippen molar-refractivity contribution in [2.75, 3.05) is 6.54 Å². The SMILES string of the molecule is CC(C)CCCC(C)CCNC1CC1. The van der Waals surface area contributed by atoms with Crippen LogP contribution in [0.4, 0.5) is 0 Å². The first-order valence-corrected chi connectivity index (χ1v) is 6.42. The first kappa shape index (κ1) is 12.0. The van der Waals surface area contributed by atoms with E-state index in [0.717, 1.165) is 17.9 Å². The van der Waals surface area contributed by atoms with Crippen molar-refractivity contribution in [1.29, 1.82) is 0 Å². The van der Waals surface area contributed by atoms with E-state index in [1.807, 2.05) is 0 Å². The van der Waals surface area contributed by atoms with Crippen molar-refractivity contribution in [1.82, 2.24) is 5.32 Å². The Bertz CT molecular complexity index is 130. The van der Waals surface area contributed by atoms with Gasteiger partial charge in [-0.2, -0.15) is 0 Å². The molecular formula is C13H27N. The van der Waals surface area contributed by atoms with Crippen molar-refractivity contribution < 1.29 is 0 Å². The van der Waals surface area contributed by atoms with Crippen molar-refractivity contribution in [2.24, 2.45) is 11.8 Å². The third-order valence-electron chi connectivity index (χ3n) is 3.13. The Hall–Kier alpha value is -0.0400. The normalized spacial score (nSPS) is 18.9. The van der Waals surface area contributed by atoms with E-state index in [1.54, 1.807) is 0 Å². The van der Waals surface area contributed by atoms with Gasteiger partial charge in [-0.05, 0) is 37.6 Å². The van der Waals surface area contributed by atoms with Crippen LogP contribution in [0, 0.1) is 11.8 Å². The zero-order valence-corrected chi connectivity index (χ0v) is 10.2. The summed E-state index contributed by atoms with van der Waals surface area (Å²) in [6, 6.07) is 0.887. The van der Waals surface area contributed by atoms with Crippen LogP contribution in [0.1, 0.15) is 59.3 Å². The van der Waals surface area contributed by atoms with E-state index in [4.69, 9.17) is 0 Å². The molecule has 0 radical (unpaired) electrons. The molecule has 1 N–H and O–H groups in total. The largest absolute Gasteiger partial charge is 0.314 e. The molecule has 0 aromatic carbocycles. The highest BCUT2D eigenvalue weighted by Crippen LogP contribution is 2.19. The quantitative estimate of drug-likeness (QED) is 0.627. The average Bonchev–Trinajstić information content (AvgIpc) is 2.87. The lowest BCUT2D eigenvalue weighted by Crippen LogP contribution is -2.19. The van der Waals surface area contributed by atoms with Gasteiger partial charge in [0.25, 0.3) is 0 Å². The van der Waals surface area contributed by atoms with Gasteiger partial charge in [0.05, 0.1) is 0 Å². The Kier molecular flexibility index (Phi) is 5.54. The minimum Gasteiger partial charge on any atom is -0.314 e. The first-order chi connectivity index (χ1) is 6.68. The van der Waals surface area contributed by atoms with Crippen LogP contribution in [0.25, 0.3) is 0 Å². The van der Waals surface area contributed by atoms with Crippen LogP contribution in [-0.4, -0.2) is 12.6 Å². The monoisotopic (exact) mass is 197 g/mol. The lowest BCUT2D eigenvalue weighted by atomic mass is 9.97. The Morgan fingerprint density at radius 2 is 1.79 bits per heavy atom. The summed E-state index contributed by atoms with van der Waals surface area (Å²) in [4.78, 5) is 0. The smallest absolute Gasteiger partial charge is 0.00682 e. The molecule has 84 valence electrons. The molecule has 0 aliphatic heterocycles. The molecule has 14 heavy (non-hydrogen) atoms. The summed E-state index contributed by atoms with van der Waals surface area (Å²) in [5.74, 6) is 1.80. The second-order valence-corrected chi connectivity index (χ2v) is 5.45. The molecule has 0 spiro atoms. The van der Waals surface area contributed by atoms with Gasteiger partial charge in [0.15, 0.2) is 0 Å². The highest BCUT2D eigenvalue weighted by molar-refractivity contribution is 4.80. The fourth-order valence-corrected chi connectivity index (χ4v) is 1.84. The number of nitrogens with one attached hydrogen (secondary N) is 1. The summed E-state index contributed by atoms with van der Waals surface area (Å²) < 4.78 is 0. The van der Waals surface area contributed by atoms with Crippen LogP contribution in [0.3, 0.4) is 0 Å². The van der Waals surface area contributed by atoms with Crippen LogP contribution in [0.5, 0.6) is 0 Å². The third kappa shape index (κ3) is 6.42. The fraction of sp³-hybridized carbons (Fsp3) is 1.00. The van der Waals surface area contributed by atoms with Crippen LogP contribution >= 0.6 is 0 Å². The Morgan fingerprint density at radius 1 is 1.07 bits per heavy atom. The molecule has 1 aliphatic rings. The molecule has 1 rings (SSSR count). The van der Waals surface area contributed by atoms with Gasteiger partial charge < -0.3 is 5.32 Å². The molecule has 1 fully saturated rings. The predicted octanol–water partition coefficient (Wildman–Crippen LogP) is 3.59. The molecule has 0 aromatic rings. The molecular weight excluding hydrogens is 170 g/mol. The molecule has 0 heterocycles. The number of hydrogen-bond acceptors (Lipinski definition) is 1. The van der Waals surface area contributed by atoms with Crippen LogP contribution < -0.4 is 5.32 Å². The molecule has 1 nitrogen and oxygen atoms in total. The second-order valence-electron chi connectivity index (χ2n) is 5.45. The molecule has 1 atom stereocenters. The summed E-state index contributed by atoms with van der Waals surface area (Å²) in [5, 5.41) is 3.59. The van der Waals surface area contributed by atoms with Gasteiger partial charge in [-0.25, -0.2) is 0 Å². The van der Waals surface area contributed by atoms with Crippen molar-refractivity contribution in [3.8, 4) is 0 Å². The summed E-state index contributed by atoms with van der Waals surface area (Å²) in [7, 11) is 0. The van der Waals surface area contributed by atoms with Crippen LogP contribution in [0.2, 0.25) is 0 Å². The molecule has 0 bridgehead atoms. The predicted molar refractivity (Wildman–Crippen MR) is 63.5 cm³/mol. The van der Waals surface area contributed by atoms with Crippen LogP contribution in [0.15, 0.2) is 0 Å². The van der Waals surface area contributed by atoms with E-state index < -0.39 is 0 Å². The number of rotatable bonds is 8. The molecule has 0 amide bonds. The van der Waals surface area contributed by atoms with Gasteiger partial charge in [0.2, 0.25) is 0 Å². The maximum Gasteiger partial charge on any atom is 0.00682 e. The summed E-state index contributed by atoms with van der Waals surface area (Å²) >= 11 is 0. The maximum atomic E-state index is 3.59. The molecule has 1 saturated carbocycles. The summed E-state index contributed by atoms with van der Waals surface area (Å²) in [6.45, 7) is 8.28. The second kappa shape index (κ2) is 6.44. The van der Waals surface area contributed by atoms with Crippen molar-refractivity contribution in [2.45, 2.75) is 65.3 Å².